The Kier molecular flexibility index (Phi) is 6.61. The van der Waals surface area contributed by atoms with Crippen LogP contribution in [0.15, 0.2) is 51.8 Å². The van der Waals surface area contributed by atoms with Crippen LogP contribution in [0.5, 0.6) is 11.5 Å². The SMILES string of the molecule is CCOC1(C)c2ccccc2OC(C)(COc2ccc(/C=C3\SC(=O)NC3=O)cc2Br)C1(C)C. The van der Waals surface area contributed by atoms with Gasteiger partial charge in [-0.3, -0.25) is 14.9 Å². The Labute approximate surface area is 212 Å². The molecule has 8 heteroatoms. The summed E-state index contributed by atoms with van der Waals surface area (Å²) in [6, 6.07) is 13.5. The topological polar surface area (TPSA) is 73.9 Å². The fraction of sp³-hybridized carbons (Fsp3) is 0.385. The zero-order valence-electron chi connectivity index (χ0n) is 19.9. The number of amides is 2. The first kappa shape index (κ1) is 24.8. The van der Waals surface area contributed by atoms with Gasteiger partial charge >= 0.3 is 0 Å². The van der Waals surface area contributed by atoms with Crippen LogP contribution in [0.25, 0.3) is 6.08 Å². The van der Waals surface area contributed by atoms with Gasteiger partial charge in [-0.2, -0.15) is 0 Å². The lowest BCUT2D eigenvalue weighted by atomic mass is 9.60. The van der Waals surface area contributed by atoms with E-state index < -0.39 is 16.6 Å². The van der Waals surface area contributed by atoms with E-state index in [-0.39, 0.29) is 11.1 Å². The van der Waals surface area contributed by atoms with Crippen LogP contribution in [0.3, 0.4) is 0 Å². The zero-order valence-corrected chi connectivity index (χ0v) is 22.3. The van der Waals surface area contributed by atoms with Gasteiger partial charge in [-0.25, -0.2) is 0 Å². The average Bonchev–Trinajstić information content (AvgIpc) is 3.09. The first-order valence-corrected chi connectivity index (χ1v) is 12.7. The number of carbonyl (C=O) groups excluding carboxylic acids is 2. The third-order valence-corrected chi connectivity index (χ3v) is 8.51. The van der Waals surface area contributed by atoms with Gasteiger partial charge in [0.2, 0.25) is 0 Å². The Bertz CT molecular complexity index is 1180. The smallest absolute Gasteiger partial charge is 0.290 e. The van der Waals surface area contributed by atoms with E-state index in [0.29, 0.717) is 23.9 Å². The number of rotatable bonds is 6. The van der Waals surface area contributed by atoms with Crippen LogP contribution in [-0.2, 0) is 15.1 Å². The van der Waals surface area contributed by atoms with Gasteiger partial charge in [0.05, 0.1) is 9.38 Å². The summed E-state index contributed by atoms with van der Waals surface area (Å²) in [6.07, 6.45) is 1.68. The number of thioether (sulfide) groups is 1. The van der Waals surface area contributed by atoms with Crippen molar-refractivity contribution in [3.05, 3.63) is 63.0 Å². The maximum atomic E-state index is 11.8. The van der Waals surface area contributed by atoms with Gasteiger partial charge in [0.25, 0.3) is 11.1 Å². The molecule has 0 bridgehead atoms. The van der Waals surface area contributed by atoms with E-state index in [1.54, 1.807) is 6.08 Å². The molecule has 0 radical (unpaired) electrons. The van der Waals surface area contributed by atoms with E-state index in [1.165, 1.54) is 0 Å². The first-order chi connectivity index (χ1) is 16.0. The molecule has 2 atom stereocenters. The van der Waals surface area contributed by atoms with Gasteiger partial charge < -0.3 is 14.2 Å². The van der Waals surface area contributed by atoms with Crippen molar-refractivity contribution < 1.29 is 23.8 Å². The fourth-order valence-electron chi connectivity index (χ4n) is 4.43. The summed E-state index contributed by atoms with van der Waals surface area (Å²) in [5.41, 5.74) is 0.124. The van der Waals surface area contributed by atoms with Crippen molar-refractivity contribution >= 4 is 44.9 Å². The monoisotopic (exact) mass is 545 g/mol. The number of imide groups is 1. The van der Waals surface area contributed by atoms with Gasteiger partial charge in [-0.15, -0.1) is 0 Å². The molecule has 0 aromatic heterocycles. The summed E-state index contributed by atoms with van der Waals surface area (Å²) in [5, 5.41) is 1.90. The minimum atomic E-state index is -0.690. The van der Waals surface area contributed by atoms with Crippen LogP contribution in [0.1, 0.15) is 45.7 Å². The number of hydrogen-bond acceptors (Lipinski definition) is 6. The molecule has 2 aromatic rings. The Morgan fingerprint density at radius 2 is 1.85 bits per heavy atom. The van der Waals surface area contributed by atoms with Crippen LogP contribution in [0.2, 0.25) is 0 Å². The second kappa shape index (κ2) is 9.06. The Morgan fingerprint density at radius 1 is 1.12 bits per heavy atom. The van der Waals surface area contributed by atoms with Gasteiger partial charge in [0.15, 0.2) is 0 Å². The standard InChI is InChI=1S/C26H28BrNO5S/c1-6-32-26(5)17-9-7-8-10-19(17)33-25(4,24(26,2)3)15-31-20-12-11-16(13-18(20)27)14-21-22(29)28-23(30)34-21/h7-14H,6,15H2,1-5H3,(H,28,29,30)/b21-14-. The molecule has 2 unspecified atom stereocenters. The second-order valence-corrected chi connectivity index (χ2v) is 11.1. The summed E-state index contributed by atoms with van der Waals surface area (Å²) in [5.74, 6) is 1.07. The van der Waals surface area contributed by atoms with Crippen LogP contribution in [0.4, 0.5) is 4.79 Å². The minimum Gasteiger partial charge on any atom is -0.488 e. The molecular formula is C26H28BrNO5S. The summed E-state index contributed by atoms with van der Waals surface area (Å²) >= 11 is 4.47. The molecule has 6 nitrogen and oxygen atoms in total. The maximum absolute atomic E-state index is 11.8. The third kappa shape index (κ3) is 4.16. The molecule has 2 amide bonds. The Hall–Kier alpha value is -2.29. The molecule has 1 saturated heterocycles. The predicted molar refractivity (Wildman–Crippen MR) is 137 cm³/mol. The molecule has 0 spiro atoms. The van der Waals surface area contributed by atoms with E-state index in [4.69, 9.17) is 14.2 Å². The van der Waals surface area contributed by atoms with Crippen molar-refractivity contribution in [3.63, 3.8) is 0 Å². The largest absolute Gasteiger partial charge is 0.488 e. The van der Waals surface area contributed by atoms with Crippen molar-refractivity contribution in [3.8, 4) is 11.5 Å². The van der Waals surface area contributed by atoms with Crippen molar-refractivity contribution in [2.75, 3.05) is 13.2 Å². The van der Waals surface area contributed by atoms with E-state index in [1.807, 2.05) is 43.3 Å². The summed E-state index contributed by atoms with van der Waals surface area (Å²) in [6.45, 7) is 11.4. The lowest BCUT2D eigenvalue weighted by Crippen LogP contribution is -2.63. The molecular weight excluding hydrogens is 518 g/mol. The van der Waals surface area contributed by atoms with Gasteiger partial charge in [0, 0.05) is 17.6 Å². The third-order valence-electron chi connectivity index (χ3n) is 7.08. The Balaban J connectivity index is 1.59. The van der Waals surface area contributed by atoms with E-state index in [0.717, 1.165) is 33.1 Å². The Morgan fingerprint density at radius 3 is 2.50 bits per heavy atom. The number of benzene rings is 2. The van der Waals surface area contributed by atoms with Crippen molar-refractivity contribution in [1.82, 2.24) is 5.32 Å². The normalized spacial score (nSPS) is 26.7. The number of halogens is 1. The molecule has 2 aliphatic rings. The highest BCUT2D eigenvalue weighted by Gasteiger charge is 2.60. The molecule has 34 heavy (non-hydrogen) atoms. The van der Waals surface area contributed by atoms with E-state index in [2.05, 4.69) is 55.0 Å². The quantitative estimate of drug-likeness (QED) is 0.430. The molecule has 180 valence electrons. The lowest BCUT2D eigenvalue weighted by Gasteiger charge is -2.57. The van der Waals surface area contributed by atoms with Crippen molar-refractivity contribution in [2.24, 2.45) is 5.41 Å². The first-order valence-electron chi connectivity index (χ1n) is 11.1. The fourth-order valence-corrected chi connectivity index (χ4v) is 5.62. The zero-order chi connectivity index (χ0) is 24.7. The molecule has 2 aromatic carbocycles. The highest BCUT2D eigenvalue weighted by atomic mass is 79.9. The highest BCUT2D eigenvalue weighted by molar-refractivity contribution is 9.10. The number of ether oxygens (including phenoxy) is 3. The number of hydrogen-bond donors (Lipinski definition) is 1. The summed E-state index contributed by atoms with van der Waals surface area (Å²) in [7, 11) is 0. The molecule has 0 aliphatic carbocycles. The van der Waals surface area contributed by atoms with Crippen LogP contribution >= 0.6 is 27.7 Å². The molecule has 0 saturated carbocycles. The number of nitrogens with one attached hydrogen (secondary N) is 1. The number of para-hydroxylation sites is 1. The van der Waals surface area contributed by atoms with E-state index >= 15 is 0 Å². The molecule has 2 heterocycles. The molecule has 4 rings (SSSR count). The van der Waals surface area contributed by atoms with Gasteiger partial charge in [-0.05, 0) is 78.3 Å². The lowest BCUT2D eigenvalue weighted by molar-refractivity contribution is -0.211. The van der Waals surface area contributed by atoms with Crippen molar-refractivity contribution in [1.29, 1.82) is 0 Å². The average molecular weight is 546 g/mol. The highest BCUT2D eigenvalue weighted by Crippen LogP contribution is 2.57. The molecule has 2 aliphatic heterocycles. The minimum absolute atomic E-state index is 0.294. The van der Waals surface area contributed by atoms with Crippen LogP contribution in [0, 0.1) is 5.41 Å². The molecule has 1 N–H and O–H groups in total. The summed E-state index contributed by atoms with van der Waals surface area (Å²) < 4.78 is 19.9. The van der Waals surface area contributed by atoms with Gasteiger partial charge in [0.1, 0.15) is 29.3 Å². The van der Waals surface area contributed by atoms with E-state index in [9.17, 15) is 9.59 Å². The number of carbonyl (C=O) groups is 2. The maximum Gasteiger partial charge on any atom is 0.290 e. The second-order valence-electron chi connectivity index (χ2n) is 9.25. The van der Waals surface area contributed by atoms with Crippen molar-refractivity contribution in [2.45, 2.75) is 45.8 Å². The van der Waals surface area contributed by atoms with Gasteiger partial charge in [-0.1, -0.05) is 38.1 Å². The number of fused-ring (bicyclic) bond motifs is 1. The summed E-state index contributed by atoms with van der Waals surface area (Å²) in [4.78, 5) is 23.6. The molecule has 1 fully saturated rings. The predicted octanol–water partition coefficient (Wildman–Crippen LogP) is 6.28. The van der Waals surface area contributed by atoms with Crippen LogP contribution < -0.4 is 14.8 Å². The van der Waals surface area contributed by atoms with Crippen LogP contribution in [-0.4, -0.2) is 30.0 Å².